The van der Waals surface area contributed by atoms with E-state index >= 15 is 0 Å². The van der Waals surface area contributed by atoms with Crippen LogP contribution >= 0.6 is 0 Å². The molecule has 12 nitrogen and oxygen atoms in total. The Hall–Kier alpha value is -1.61. The lowest BCUT2D eigenvalue weighted by atomic mass is 10.00. The van der Waals surface area contributed by atoms with Crippen molar-refractivity contribution in [2.24, 2.45) is 0 Å². The highest BCUT2D eigenvalue weighted by Crippen LogP contribution is 2.24. The van der Waals surface area contributed by atoms with Gasteiger partial charge in [-0.05, 0) is 38.5 Å². The summed E-state index contributed by atoms with van der Waals surface area (Å²) in [6.45, 7) is 3.82. The van der Waals surface area contributed by atoms with Gasteiger partial charge in [-0.2, -0.15) is 8.42 Å². The van der Waals surface area contributed by atoms with Gasteiger partial charge in [0.05, 0.1) is 6.61 Å². The lowest BCUT2D eigenvalue weighted by Crippen LogP contribution is -2.60. The summed E-state index contributed by atoms with van der Waals surface area (Å²) in [6.07, 6.45) is 42.5. The number of unbranched alkanes of at least 4 members (excludes halogenated alkanes) is 35. The smallest absolute Gasteiger partial charge is 0.306 e. The van der Waals surface area contributed by atoms with Crippen LogP contribution in [-0.2, 0) is 38.7 Å². The number of carbonyl (C=O) groups excluding carboxylic acids is 2. The highest BCUT2D eigenvalue weighted by atomic mass is 32.2. The molecular formula is C55H104O12S. The molecule has 0 aromatic carbocycles. The molecule has 1 fully saturated rings. The molecule has 1 aliphatic rings. The molecule has 4 N–H and O–H groups in total. The summed E-state index contributed by atoms with van der Waals surface area (Å²) in [4.78, 5) is 25.6. The lowest BCUT2D eigenvalue weighted by molar-refractivity contribution is -0.297. The van der Waals surface area contributed by atoms with E-state index in [9.17, 15) is 37.9 Å². The van der Waals surface area contributed by atoms with E-state index in [0.29, 0.717) is 12.8 Å². The second kappa shape index (κ2) is 45.3. The molecule has 0 amide bonds. The third kappa shape index (κ3) is 39.1. The van der Waals surface area contributed by atoms with Crippen molar-refractivity contribution in [2.45, 2.75) is 307 Å². The average Bonchev–Trinajstić information content (AvgIpc) is 3.31. The third-order valence-corrected chi connectivity index (χ3v) is 14.1. The van der Waals surface area contributed by atoms with E-state index in [0.717, 1.165) is 38.5 Å². The van der Waals surface area contributed by atoms with Gasteiger partial charge in [-0.15, -0.1) is 0 Å². The maximum absolute atomic E-state index is 12.9. The van der Waals surface area contributed by atoms with E-state index in [1.165, 1.54) is 193 Å². The van der Waals surface area contributed by atoms with Gasteiger partial charge < -0.3 is 34.3 Å². The first-order chi connectivity index (χ1) is 33.0. The molecule has 1 aliphatic heterocycles. The standard InChI is InChI=1S/C55H104O12S/c1-3-5-7-9-11-13-15-17-19-21-23-24-26-28-30-32-34-36-38-40-42-44-51(57)66-48(46-65-55-54(60)53(59)52(58)49(67-55)47-68(61,62)63)45-64-50(56)43-41-39-37-35-33-31-29-27-25-22-20-18-16-14-12-10-8-6-4-2/h21,23,48-49,52-55,58-60H,3-20,22,24-47H2,1-2H3,(H,61,62,63)/b23-21-. The first kappa shape index (κ1) is 64.4. The highest BCUT2D eigenvalue weighted by molar-refractivity contribution is 7.85. The van der Waals surface area contributed by atoms with Gasteiger partial charge in [-0.3, -0.25) is 14.1 Å². The largest absolute Gasteiger partial charge is 0.462 e. The molecular weight excluding hydrogens is 885 g/mol. The predicted octanol–water partition coefficient (Wildman–Crippen LogP) is 13.4. The van der Waals surface area contributed by atoms with Gasteiger partial charge in [-0.25, -0.2) is 0 Å². The fourth-order valence-corrected chi connectivity index (χ4v) is 9.66. The molecule has 0 bridgehead atoms. The molecule has 0 radical (unpaired) electrons. The molecule has 13 heteroatoms. The Kier molecular flexibility index (Phi) is 42.9. The molecule has 6 atom stereocenters. The first-order valence-corrected chi connectivity index (χ1v) is 29.9. The normalized spacial score (nSPS) is 19.2. The van der Waals surface area contributed by atoms with Crippen molar-refractivity contribution in [1.82, 2.24) is 0 Å². The van der Waals surface area contributed by atoms with Gasteiger partial charge in [0.2, 0.25) is 0 Å². The number of aliphatic hydroxyl groups excluding tert-OH is 3. The van der Waals surface area contributed by atoms with Gasteiger partial charge >= 0.3 is 11.9 Å². The molecule has 402 valence electrons. The van der Waals surface area contributed by atoms with Gasteiger partial charge in [-0.1, -0.05) is 231 Å². The molecule has 0 aromatic heterocycles. The van der Waals surface area contributed by atoms with Crippen LogP contribution in [0.3, 0.4) is 0 Å². The van der Waals surface area contributed by atoms with Crippen molar-refractivity contribution < 1.29 is 56.8 Å². The fourth-order valence-electron chi connectivity index (χ4n) is 8.97. The predicted molar refractivity (Wildman–Crippen MR) is 275 cm³/mol. The molecule has 6 unspecified atom stereocenters. The Morgan fingerprint density at radius 3 is 1.22 bits per heavy atom. The Balaban J connectivity index is 2.32. The molecule has 0 saturated carbocycles. The van der Waals surface area contributed by atoms with Crippen molar-refractivity contribution in [3.05, 3.63) is 12.2 Å². The van der Waals surface area contributed by atoms with Gasteiger partial charge in [0.15, 0.2) is 12.4 Å². The summed E-state index contributed by atoms with van der Waals surface area (Å²) in [5.74, 6) is -1.96. The molecule has 0 aliphatic carbocycles. The van der Waals surface area contributed by atoms with Crippen molar-refractivity contribution in [3.63, 3.8) is 0 Å². The number of esters is 2. The number of carbonyl (C=O) groups is 2. The number of hydrogen-bond acceptors (Lipinski definition) is 11. The maximum atomic E-state index is 12.9. The Morgan fingerprint density at radius 2 is 0.838 bits per heavy atom. The minimum atomic E-state index is -4.60. The summed E-state index contributed by atoms with van der Waals surface area (Å²) in [7, 11) is -4.60. The van der Waals surface area contributed by atoms with Gasteiger partial charge in [0.1, 0.15) is 36.8 Å². The van der Waals surface area contributed by atoms with Crippen LogP contribution in [0.4, 0.5) is 0 Å². The van der Waals surface area contributed by atoms with E-state index < -0.39 is 71.2 Å². The zero-order chi connectivity index (χ0) is 49.8. The topological polar surface area (TPSA) is 186 Å². The van der Waals surface area contributed by atoms with Crippen molar-refractivity contribution >= 4 is 22.1 Å². The molecule has 1 saturated heterocycles. The summed E-state index contributed by atoms with van der Waals surface area (Å²) in [6, 6.07) is 0. The lowest BCUT2D eigenvalue weighted by Gasteiger charge is -2.40. The van der Waals surface area contributed by atoms with Crippen LogP contribution in [0.15, 0.2) is 12.2 Å². The van der Waals surface area contributed by atoms with E-state index in [1.54, 1.807) is 0 Å². The fraction of sp³-hybridized carbons (Fsp3) is 0.927. The summed E-state index contributed by atoms with van der Waals surface area (Å²) < 4.78 is 54.4. The van der Waals surface area contributed by atoms with Gasteiger partial charge in [0, 0.05) is 12.8 Å². The quantitative estimate of drug-likeness (QED) is 0.0196. The summed E-state index contributed by atoms with van der Waals surface area (Å²) in [5.41, 5.74) is 0. The summed E-state index contributed by atoms with van der Waals surface area (Å²) in [5, 5.41) is 31.0. The number of hydrogen-bond donors (Lipinski definition) is 4. The van der Waals surface area contributed by atoms with E-state index in [2.05, 4.69) is 26.0 Å². The molecule has 68 heavy (non-hydrogen) atoms. The van der Waals surface area contributed by atoms with Crippen LogP contribution in [-0.4, -0.2) is 96.0 Å². The second-order valence-electron chi connectivity index (χ2n) is 20.0. The monoisotopic (exact) mass is 989 g/mol. The van der Waals surface area contributed by atoms with Crippen LogP contribution in [0.25, 0.3) is 0 Å². The van der Waals surface area contributed by atoms with Crippen molar-refractivity contribution in [3.8, 4) is 0 Å². The maximum Gasteiger partial charge on any atom is 0.306 e. The average molecular weight is 989 g/mol. The summed E-state index contributed by atoms with van der Waals surface area (Å²) >= 11 is 0. The van der Waals surface area contributed by atoms with E-state index in [4.69, 9.17) is 18.9 Å². The SMILES string of the molecule is CCCCCCCCCC/C=C\CCCCCCCCCCCC(=O)OC(COC(=O)CCCCCCCCCCCCCCCCCCCCC)COC1OC(CS(=O)(=O)O)C(O)C(O)C1O. The highest BCUT2D eigenvalue weighted by Gasteiger charge is 2.46. The van der Waals surface area contributed by atoms with Crippen molar-refractivity contribution in [2.75, 3.05) is 19.0 Å². The number of rotatable bonds is 49. The molecule has 1 rings (SSSR count). The Morgan fingerprint density at radius 1 is 0.485 bits per heavy atom. The van der Waals surface area contributed by atoms with Crippen LogP contribution in [0.1, 0.15) is 271 Å². The third-order valence-electron chi connectivity index (χ3n) is 13.3. The zero-order valence-corrected chi connectivity index (χ0v) is 44.3. The Labute approximate surface area is 416 Å². The van der Waals surface area contributed by atoms with Crippen LogP contribution in [0.2, 0.25) is 0 Å². The molecule has 0 aromatic rings. The van der Waals surface area contributed by atoms with E-state index in [-0.39, 0.29) is 19.4 Å². The molecule has 0 spiro atoms. The van der Waals surface area contributed by atoms with Crippen molar-refractivity contribution in [1.29, 1.82) is 0 Å². The van der Waals surface area contributed by atoms with Crippen LogP contribution in [0.5, 0.6) is 0 Å². The number of allylic oxidation sites excluding steroid dienone is 2. The number of aliphatic hydroxyl groups is 3. The number of ether oxygens (including phenoxy) is 4. The minimum Gasteiger partial charge on any atom is -0.462 e. The molecule has 1 heterocycles. The van der Waals surface area contributed by atoms with Crippen LogP contribution in [0, 0.1) is 0 Å². The second-order valence-corrected chi connectivity index (χ2v) is 21.5. The first-order valence-electron chi connectivity index (χ1n) is 28.2. The minimum absolute atomic E-state index is 0.167. The van der Waals surface area contributed by atoms with Gasteiger partial charge in [0.25, 0.3) is 10.1 Å². The zero-order valence-electron chi connectivity index (χ0n) is 43.5. The van der Waals surface area contributed by atoms with Crippen LogP contribution < -0.4 is 0 Å². The van der Waals surface area contributed by atoms with E-state index in [1.807, 2.05) is 0 Å². The Bertz CT molecular complexity index is 1300.